The SMILES string of the molecule is CCCCCCn1nnc(CC(N)=O)c1C(F)F. The molecule has 0 aliphatic carbocycles. The number of carbonyl (C=O) groups is 1. The van der Waals surface area contributed by atoms with Gasteiger partial charge in [-0.25, -0.2) is 13.5 Å². The zero-order valence-electron chi connectivity index (χ0n) is 10.4. The van der Waals surface area contributed by atoms with Crippen molar-refractivity contribution in [2.45, 2.75) is 52.0 Å². The van der Waals surface area contributed by atoms with Crippen LogP contribution in [0, 0.1) is 0 Å². The molecule has 0 unspecified atom stereocenters. The molecule has 1 rings (SSSR count). The smallest absolute Gasteiger partial charge is 0.281 e. The van der Waals surface area contributed by atoms with E-state index in [2.05, 4.69) is 17.2 Å². The summed E-state index contributed by atoms with van der Waals surface area (Å²) in [5.74, 6) is -0.685. The van der Waals surface area contributed by atoms with Gasteiger partial charge in [-0.2, -0.15) is 0 Å². The minimum atomic E-state index is -2.69. The lowest BCUT2D eigenvalue weighted by Crippen LogP contribution is -2.16. The van der Waals surface area contributed by atoms with Crippen molar-refractivity contribution in [3.8, 4) is 0 Å². The van der Waals surface area contributed by atoms with Crippen LogP contribution in [0.2, 0.25) is 0 Å². The van der Waals surface area contributed by atoms with Crippen LogP contribution in [0.3, 0.4) is 0 Å². The number of aryl methyl sites for hydroxylation is 1. The van der Waals surface area contributed by atoms with Crippen LogP contribution in [0.4, 0.5) is 8.78 Å². The lowest BCUT2D eigenvalue weighted by Gasteiger charge is -2.06. The van der Waals surface area contributed by atoms with Crippen LogP contribution in [-0.2, 0) is 17.8 Å². The topological polar surface area (TPSA) is 73.8 Å². The van der Waals surface area contributed by atoms with Crippen molar-refractivity contribution < 1.29 is 13.6 Å². The van der Waals surface area contributed by atoms with E-state index in [1.807, 2.05) is 0 Å². The molecule has 5 nitrogen and oxygen atoms in total. The van der Waals surface area contributed by atoms with Gasteiger partial charge in [-0.15, -0.1) is 5.10 Å². The van der Waals surface area contributed by atoms with Gasteiger partial charge in [-0.1, -0.05) is 31.4 Å². The van der Waals surface area contributed by atoms with E-state index < -0.39 is 12.3 Å². The van der Waals surface area contributed by atoms with E-state index >= 15 is 0 Å². The van der Waals surface area contributed by atoms with E-state index in [9.17, 15) is 13.6 Å². The molecular formula is C11H18F2N4O. The molecule has 0 fully saturated rings. The fourth-order valence-corrected chi connectivity index (χ4v) is 1.74. The number of unbranched alkanes of at least 4 members (excludes halogenated alkanes) is 3. The first-order valence-electron chi connectivity index (χ1n) is 6.05. The molecule has 18 heavy (non-hydrogen) atoms. The van der Waals surface area contributed by atoms with Crippen LogP contribution in [0.15, 0.2) is 0 Å². The highest BCUT2D eigenvalue weighted by Gasteiger charge is 2.22. The Labute approximate surface area is 104 Å². The summed E-state index contributed by atoms with van der Waals surface area (Å²) in [5, 5.41) is 7.28. The Morgan fingerprint density at radius 3 is 2.67 bits per heavy atom. The van der Waals surface area contributed by atoms with E-state index in [4.69, 9.17) is 5.73 Å². The molecule has 0 aliphatic heterocycles. The zero-order valence-corrected chi connectivity index (χ0v) is 10.4. The highest BCUT2D eigenvalue weighted by atomic mass is 19.3. The number of nitrogens with zero attached hydrogens (tertiary/aromatic N) is 3. The van der Waals surface area contributed by atoms with Gasteiger partial charge in [-0.3, -0.25) is 4.79 Å². The number of amides is 1. The molecule has 1 aromatic heterocycles. The third kappa shape index (κ3) is 4.05. The molecular weight excluding hydrogens is 242 g/mol. The lowest BCUT2D eigenvalue weighted by atomic mass is 10.2. The van der Waals surface area contributed by atoms with Gasteiger partial charge in [-0.05, 0) is 6.42 Å². The summed E-state index contributed by atoms with van der Waals surface area (Å²) in [6.45, 7) is 2.47. The fourth-order valence-electron chi connectivity index (χ4n) is 1.74. The minimum absolute atomic E-state index is 0.0204. The highest BCUT2D eigenvalue weighted by Crippen LogP contribution is 2.22. The van der Waals surface area contributed by atoms with Crippen LogP contribution in [0.5, 0.6) is 0 Å². The summed E-state index contributed by atoms with van der Waals surface area (Å²) in [6.07, 6.45) is 0.880. The van der Waals surface area contributed by atoms with Gasteiger partial charge in [0.25, 0.3) is 6.43 Å². The first-order chi connectivity index (χ1) is 8.56. The molecule has 0 radical (unpaired) electrons. The number of hydrogen-bond acceptors (Lipinski definition) is 3. The summed E-state index contributed by atoms with van der Waals surface area (Å²) < 4.78 is 27.0. The van der Waals surface area contributed by atoms with E-state index in [1.165, 1.54) is 4.68 Å². The Bertz CT molecular complexity index is 392. The number of halogens is 2. The van der Waals surface area contributed by atoms with Gasteiger partial charge >= 0.3 is 0 Å². The van der Waals surface area contributed by atoms with E-state index in [-0.39, 0.29) is 17.8 Å². The van der Waals surface area contributed by atoms with Crippen molar-refractivity contribution in [1.29, 1.82) is 0 Å². The summed E-state index contributed by atoms with van der Waals surface area (Å²) in [7, 11) is 0. The highest BCUT2D eigenvalue weighted by molar-refractivity contribution is 5.76. The monoisotopic (exact) mass is 260 g/mol. The maximum absolute atomic E-state index is 12.9. The Kier molecular flexibility index (Phi) is 5.67. The molecule has 0 bridgehead atoms. The second kappa shape index (κ2) is 7.03. The maximum Gasteiger partial charge on any atom is 0.281 e. The van der Waals surface area contributed by atoms with Crippen LogP contribution >= 0.6 is 0 Å². The molecule has 0 atom stereocenters. The van der Waals surface area contributed by atoms with Crippen molar-refractivity contribution in [3.05, 3.63) is 11.4 Å². The normalized spacial score (nSPS) is 11.1. The van der Waals surface area contributed by atoms with Crippen molar-refractivity contribution in [3.63, 3.8) is 0 Å². The fraction of sp³-hybridized carbons (Fsp3) is 0.727. The Hall–Kier alpha value is -1.53. The number of nitrogens with two attached hydrogens (primary N) is 1. The van der Waals surface area contributed by atoms with Crippen LogP contribution in [0.25, 0.3) is 0 Å². The summed E-state index contributed by atoms with van der Waals surface area (Å²) >= 11 is 0. The first-order valence-corrected chi connectivity index (χ1v) is 6.05. The third-order valence-electron chi connectivity index (χ3n) is 2.62. The quantitative estimate of drug-likeness (QED) is 0.724. The van der Waals surface area contributed by atoms with Crippen molar-refractivity contribution in [2.24, 2.45) is 5.73 Å². The van der Waals surface area contributed by atoms with E-state index in [0.29, 0.717) is 6.54 Å². The molecule has 7 heteroatoms. The largest absolute Gasteiger partial charge is 0.369 e. The molecule has 1 aromatic rings. The van der Waals surface area contributed by atoms with Gasteiger partial charge in [0.15, 0.2) is 0 Å². The average Bonchev–Trinajstić information content (AvgIpc) is 2.66. The van der Waals surface area contributed by atoms with Gasteiger partial charge in [0.2, 0.25) is 5.91 Å². The van der Waals surface area contributed by atoms with Crippen molar-refractivity contribution in [1.82, 2.24) is 15.0 Å². The van der Waals surface area contributed by atoms with Crippen LogP contribution < -0.4 is 5.73 Å². The molecule has 0 aliphatic rings. The van der Waals surface area contributed by atoms with E-state index in [0.717, 1.165) is 25.7 Å². The number of primary amides is 1. The predicted molar refractivity (Wildman–Crippen MR) is 62.0 cm³/mol. The minimum Gasteiger partial charge on any atom is -0.369 e. The number of alkyl halides is 2. The van der Waals surface area contributed by atoms with Crippen molar-refractivity contribution in [2.75, 3.05) is 0 Å². The van der Waals surface area contributed by atoms with Gasteiger partial charge in [0, 0.05) is 6.54 Å². The van der Waals surface area contributed by atoms with Crippen molar-refractivity contribution >= 4 is 5.91 Å². The van der Waals surface area contributed by atoms with Gasteiger partial charge in [0.05, 0.1) is 6.42 Å². The molecule has 1 amide bonds. The standard InChI is InChI=1S/C11H18F2N4O/c1-2-3-4-5-6-17-10(11(12)13)8(15-16-17)7-9(14)18/h11H,2-7H2,1H3,(H2,14,18). The molecule has 102 valence electrons. The Balaban J connectivity index is 2.72. The third-order valence-corrected chi connectivity index (χ3v) is 2.62. The van der Waals surface area contributed by atoms with Crippen LogP contribution in [0.1, 0.15) is 50.4 Å². The molecule has 0 saturated heterocycles. The van der Waals surface area contributed by atoms with Crippen LogP contribution in [-0.4, -0.2) is 20.9 Å². The first kappa shape index (κ1) is 14.5. The maximum atomic E-state index is 12.9. The molecule has 1 heterocycles. The Morgan fingerprint density at radius 1 is 1.39 bits per heavy atom. The lowest BCUT2D eigenvalue weighted by molar-refractivity contribution is -0.117. The van der Waals surface area contributed by atoms with Gasteiger partial charge < -0.3 is 5.73 Å². The number of rotatable bonds is 8. The number of carbonyl (C=O) groups excluding carboxylic acids is 1. The molecule has 0 aromatic carbocycles. The number of aromatic nitrogens is 3. The van der Waals surface area contributed by atoms with Gasteiger partial charge in [0.1, 0.15) is 11.4 Å². The summed E-state index contributed by atoms with van der Waals surface area (Å²) in [4.78, 5) is 10.8. The van der Waals surface area contributed by atoms with E-state index in [1.54, 1.807) is 0 Å². The molecule has 0 saturated carbocycles. The Morgan fingerprint density at radius 2 is 2.11 bits per heavy atom. The second-order valence-corrected chi connectivity index (χ2v) is 4.15. The zero-order chi connectivity index (χ0) is 13.5. The predicted octanol–water partition coefficient (Wildman–Crippen LogP) is 1.82. The summed E-state index contributed by atoms with van der Waals surface area (Å²) in [6, 6.07) is 0. The number of hydrogen-bond donors (Lipinski definition) is 1. The molecule has 0 spiro atoms. The molecule has 2 N–H and O–H groups in total. The average molecular weight is 260 g/mol. The summed E-state index contributed by atoms with van der Waals surface area (Å²) in [5.41, 5.74) is 4.67. The second-order valence-electron chi connectivity index (χ2n) is 4.15.